The number of aromatic nitrogens is 3. The summed E-state index contributed by atoms with van der Waals surface area (Å²) >= 11 is 5.89. The lowest BCUT2D eigenvalue weighted by Gasteiger charge is -2.05. The molecule has 4 nitrogen and oxygen atoms in total. The lowest BCUT2D eigenvalue weighted by molar-refractivity contribution is 0.724. The maximum atomic E-state index is 5.89. The van der Waals surface area contributed by atoms with Gasteiger partial charge in [-0.2, -0.15) is 0 Å². The minimum atomic E-state index is 0.389. The van der Waals surface area contributed by atoms with Crippen LogP contribution in [0.15, 0.2) is 30.6 Å². The molecule has 1 heterocycles. The molecule has 15 heavy (non-hydrogen) atoms. The summed E-state index contributed by atoms with van der Waals surface area (Å²) in [5, 5.41) is 8.45. The van der Waals surface area contributed by atoms with Gasteiger partial charge >= 0.3 is 0 Å². The second-order valence-corrected chi connectivity index (χ2v) is 3.65. The third-order valence-corrected chi connectivity index (χ3v) is 2.36. The van der Waals surface area contributed by atoms with Crippen LogP contribution in [0.25, 0.3) is 0 Å². The smallest absolute Gasteiger partial charge is 0.146 e. The number of nitrogens with two attached hydrogens (primary N) is 1. The Kier molecular flexibility index (Phi) is 2.99. The van der Waals surface area contributed by atoms with E-state index in [0.717, 1.165) is 16.4 Å². The summed E-state index contributed by atoms with van der Waals surface area (Å²) in [6.07, 6.45) is 1.67. The Morgan fingerprint density at radius 1 is 1.40 bits per heavy atom. The highest BCUT2D eigenvalue weighted by atomic mass is 35.5. The van der Waals surface area contributed by atoms with Crippen LogP contribution in [0.1, 0.15) is 11.4 Å². The number of halogens is 1. The Bertz CT molecular complexity index is 452. The Morgan fingerprint density at radius 2 is 2.27 bits per heavy atom. The number of hydrogen-bond donors (Lipinski definition) is 1. The second kappa shape index (κ2) is 4.42. The molecular formula is C10H11ClN4. The zero-order valence-electron chi connectivity index (χ0n) is 8.10. The SMILES string of the molecule is NCc1nncn1Cc1cccc(Cl)c1. The van der Waals surface area contributed by atoms with Crippen LogP contribution in [0.3, 0.4) is 0 Å². The fourth-order valence-corrected chi connectivity index (χ4v) is 1.61. The third kappa shape index (κ3) is 2.34. The summed E-state index contributed by atoms with van der Waals surface area (Å²) in [6, 6.07) is 7.69. The molecule has 2 rings (SSSR count). The lowest BCUT2D eigenvalue weighted by Crippen LogP contribution is -2.08. The minimum absolute atomic E-state index is 0.389. The van der Waals surface area contributed by atoms with Gasteiger partial charge in [-0.1, -0.05) is 23.7 Å². The molecule has 0 radical (unpaired) electrons. The molecule has 1 aromatic carbocycles. The summed E-state index contributed by atoms with van der Waals surface area (Å²) in [5.41, 5.74) is 6.64. The van der Waals surface area contributed by atoms with Crippen molar-refractivity contribution in [1.29, 1.82) is 0 Å². The van der Waals surface area contributed by atoms with E-state index >= 15 is 0 Å². The van der Waals surface area contributed by atoms with Gasteiger partial charge < -0.3 is 10.3 Å². The van der Waals surface area contributed by atoms with E-state index in [4.69, 9.17) is 17.3 Å². The van der Waals surface area contributed by atoms with Crippen molar-refractivity contribution in [2.24, 2.45) is 5.73 Å². The van der Waals surface area contributed by atoms with Crippen molar-refractivity contribution < 1.29 is 0 Å². The molecule has 0 aliphatic rings. The van der Waals surface area contributed by atoms with Crippen molar-refractivity contribution in [2.45, 2.75) is 13.1 Å². The van der Waals surface area contributed by atoms with Gasteiger partial charge in [-0.25, -0.2) is 0 Å². The molecule has 0 amide bonds. The van der Waals surface area contributed by atoms with Crippen molar-refractivity contribution in [2.75, 3.05) is 0 Å². The van der Waals surface area contributed by atoms with Gasteiger partial charge in [0.2, 0.25) is 0 Å². The Labute approximate surface area is 92.7 Å². The van der Waals surface area contributed by atoms with Crippen LogP contribution >= 0.6 is 11.6 Å². The van der Waals surface area contributed by atoms with Crippen LogP contribution < -0.4 is 5.73 Å². The van der Waals surface area contributed by atoms with Gasteiger partial charge in [0.15, 0.2) is 0 Å². The van der Waals surface area contributed by atoms with Gasteiger partial charge in [-0.05, 0) is 17.7 Å². The molecule has 0 fully saturated rings. The van der Waals surface area contributed by atoms with Crippen molar-refractivity contribution >= 4 is 11.6 Å². The predicted octanol–water partition coefficient (Wildman–Crippen LogP) is 1.44. The highest BCUT2D eigenvalue weighted by molar-refractivity contribution is 6.30. The summed E-state index contributed by atoms with van der Waals surface area (Å²) in [5.74, 6) is 0.773. The first-order chi connectivity index (χ1) is 7.29. The summed E-state index contributed by atoms with van der Waals surface area (Å²) in [4.78, 5) is 0. The molecule has 2 aromatic rings. The number of hydrogen-bond acceptors (Lipinski definition) is 3. The first-order valence-corrected chi connectivity index (χ1v) is 4.98. The molecule has 0 saturated heterocycles. The van der Waals surface area contributed by atoms with Crippen molar-refractivity contribution in [1.82, 2.24) is 14.8 Å². The maximum Gasteiger partial charge on any atom is 0.146 e. The van der Waals surface area contributed by atoms with Crippen LogP contribution in [-0.4, -0.2) is 14.8 Å². The largest absolute Gasteiger partial charge is 0.324 e. The first-order valence-electron chi connectivity index (χ1n) is 4.61. The van der Waals surface area contributed by atoms with E-state index in [1.807, 2.05) is 28.8 Å². The first kappa shape index (κ1) is 10.1. The van der Waals surface area contributed by atoms with Crippen LogP contribution in [0.5, 0.6) is 0 Å². The second-order valence-electron chi connectivity index (χ2n) is 3.21. The van der Waals surface area contributed by atoms with E-state index in [2.05, 4.69) is 10.2 Å². The summed E-state index contributed by atoms with van der Waals surface area (Å²) < 4.78 is 1.91. The zero-order valence-corrected chi connectivity index (χ0v) is 8.85. The number of rotatable bonds is 3. The normalized spacial score (nSPS) is 10.5. The van der Waals surface area contributed by atoms with E-state index in [-0.39, 0.29) is 0 Å². The Hall–Kier alpha value is -1.39. The highest BCUT2D eigenvalue weighted by Crippen LogP contribution is 2.12. The lowest BCUT2D eigenvalue weighted by atomic mass is 10.2. The van der Waals surface area contributed by atoms with Crippen LogP contribution in [0, 0.1) is 0 Å². The van der Waals surface area contributed by atoms with Crippen LogP contribution in [0.4, 0.5) is 0 Å². The molecule has 0 aliphatic carbocycles. The fourth-order valence-electron chi connectivity index (χ4n) is 1.40. The molecule has 0 spiro atoms. The maximum absolute atomic E-state index is 5.89. The van der Waals surface area contributed by atoms with E-state index in [0.29, 0.717) is 13.1 Å². The standard InChI is InChI=1S/C10H11ClN4/c11-9-3-1-2-8(4-9)6-15-7-13-14-10(15)5-12/h1-4,7H,5-6,12H2. The van der Waals surface area contributed by atoms with Crippen molar-refractivity contribution in [3.8, 4) is 0 Å². The molecule has 2 N–H and O–H groups in total. The predicted molar refractivity (Wildman–Crippen MR) is 58.5 cm³/mol. The zero-order chi connectivity index (χ0) is 10.7. The monoisotopic (exact) mass is 222 g/mol. The number of benzene rings is 1. The molecule has 5 heteroatoms. The van der Waals surface area contributed by atoms with Gasteiger partial charge in [-0.3, -0.25) is 0 Å². The third-order valence-electron chi connectivity index (χ3n) is 2.12. The van der Waals surface area contributed by atoms with E-state index in [9.17, 15) is 0 Å². The van der Waals surface area contributed by atoms with Crippen LogP contribution in [0.2, 0.25) is 5.02 Å². The molecule has 0 saturated carbocycles. The number of nitrogens with zero attached hydrogens (tertiary/aromatic N) is 3. The topological polar surface area (TPSA) is 56.7 Å². The van der Waals surface area contributed by atoms with Gasteiger partial charge in [-0.15, -0.1) is 10.2 Å². The highest BCUT2D eigenvalue weighted by Gasteiger charge is 2.02. The Balaban J connectivity index is 2.22. The van der Waals surface area contributed by atoms with Crippen LogP contribution in [-0.2, 0) is 13.1 Å². The summed E-state index contributed by atoms with van der Waals surface area (Å²) in [7, 11) is 0. The van der Waals surface area contributed by atoms with E-state index in [1.54, 1.807) is 6.33 Å². The molecule has 0 unspecified atom stereocenters. The van der Waals surface area contributed by atoms with Gasteiger partial charge in [0.25, 0.3) is 0 Å². The van der Waals surface area contributed by atoms with Crippen molar-refractivity contribution in [3.05, 3.63) is 47.0 Å². The molecule has 0 aliphatic heterocycles. The molecular weight excluding hydrogens is 212 g/mol. The fraction of sp³-hybridized carbons (Fsp3) is 0.200. The quantitative estimate of drug-likeness (QED) is 0.855. The average Bonchev–Trinajstić information content (AvgIpc) is 2.65. The van der Waals surface area contributed by atoms with Gasteiger partial charge in [0.05, 0.1) is 13.1 Å². The minimum Gasteiger partial charge on any atom is -0.324 e. The molecule has 0 atom stereocenters. The molecule has 78 valence electrons. The summed E-state index contributed by atoms with van der Waals surface area (Å²) in [6.45, 7) is 1.08. The average molecular weight is 223 g/mol. The van der Waals surface area contributed by atoms with E-state index < -0.39 is 0 Å². The molecule has 0 bridgehead atoms. The van der Waals surface area contributed by atoms with E-state index in [1.165, 1.54) is 0 Å². The van der Waals surface area contributed by atoms with Crippen molar-refractivity contribution in [3.63, 3.8) is 0 Å². The van der Waals surface area contributed by atoms with Gasteiger partial charge in [0, 0.05) is 5.02 Å². The molecule has 1 aromatic heterocycles. The Morgan fingerprint density at radius 3 is 3.00 bits per heavy atom. The van der Waals surface area contributed by atoms with Gasteiger partial charge in [0.1, 0.15) is 12.2 Å².